The number of hydrogen-bond acceptors (Lipinski definition) is 0. The predicted molar refractivity (Wildman–Crippen MR) is 46.4 cm³/mol. The Hall–Kier alpha value is -0.730. The molecule has 0 aliphatic heterocycles. The Labute approximate surface area is 76.1 Å². The van der Waals surface area contributed by atoms with Crippen molar-refractivity contribution in [2.45, 2.75) is 38.8 Å². The molecule has 0 nitrogen and oxygen atoms in total. The van der Waals surface area contributed by atoms with Gasteiger partial charge in [0, 0.05) is 0 Å². The maximum atomic E-state index is 12.1. The fraction of sp³-hybridized carbons (Fsp3) is 0.600. The summed E-state index contributed by atoms with van der Waals surface area (Å²) < 4.78 is 36.4. The van der Waals surface area contributed by atoms with Crippen LogP contribution in [0.1, 0.15) is 32.6 Å². The molecule has 1 rings (SSSR count). The molecule has 0 atom stereocenters. The molecule has 0 aromatic heterocycles. The molecule has 0 fully saturated rings. The first-order valence-electron chi connectivity index (χ1n) is 4.51. The average molecular weight is 190 g/mol. The number of halogens is 3. The molecule has 3 heteroatoms. The highest BCUT2D eigenvalue weighted by atomic mass is 19.4. The Morgan fingerprint density at radius 3 is 2.54 bits per heavy atom. The molecule has 0 aromatic rings. The van der Waals surface area contributed by atoms with Gasteiger partial charge in [-0.2, -0.15) is 13.2 Å². The van der Waals surface area contributed by atoms with E-state index in [1.807, 2.05) is 6.92 Å². The summed E-state index contributed by atoms with van der Waals surface area (Å²) in [5, 5.41) is 0. The van der Waals surface area contributed by atoms with E-state index in [4.69, 9.17) is 0 Å². The Bertz CT molecular complexity index is 233. The molecule has 74 valence electrons. The maximum absolute atomic E-state index is 12.1. The van der Waals surface area contributed by atoms with Crippen molar-refractivity contribution in [2.24, 2.45) is 0 Å². The summed E-state index contributed by atoms with van der Waals surface area (Å²) in [6, 6.07) is 0. The predicted octanol–water partition coefficient (Wildman–Crippen LogP) is 4.00. The van der Waals surface area contributed by atoms with Gasteiger partial charge < -0.3 is 0 Å². The van der Waals surface area contributed by atoms with Crippen LogP contribution in [0.3, 0.4) is 0 Å². The highest BCUT2D eigenvalue weighted by molar-refractivity contribution is 5.35. The minimum absolute atomic E-state index is 0.474. The number of allylic oxidation sites excluding steroid dienone is 4. The van der Waals surface area contributed by atoms with Crippen molar-refractivity contribution in [3.63, 3.8) is 0 Å². The van der Waals surface area contributed by atoms with Crippen LogP contribution in [0.15, 0.2) is 23.3 Å². The first kappa shape index (κ1) is 10.4. The van der Waals surface area contributed by atoms with E-state index in [0.717, 1.165) is 24.8 Å². The summed E-state index contributed by atoms with van der Waals surface area (Å²) in [6.07, 6.45) is 1.68. The van der Waals surface area contributed by atoms with E-state index in [-0.39, 0.29) is 0 Å². The Morgan fingerprint density at radius 2 is 2.08 bits per heavy atom. The fourth-order valence-corrected chi connectivity index (χ4v) is 1.35. The molecule has 0 amide bonds. The molecule has 13 heavy (non-hydrogen) atoms. The van der Waals surface area contributed by atoms with Crippen LogP contribution in [0.2, 0.25) is 0 Å². The van der Waals surface area contributed by atoms with Gasteiger partial charge in [-0.05, 0) is 19.3 Å². The van der Waals surface area contributed by atoms with Crippen molar-refractivity contribution in [3.05, 3.63) is 23.3 Å². The van der Waals surface area contributed by atoms with Gasteiger partial charge in [-0.1, -0.05) is 31.1 Å². The van der Waals surface area contributed by atoms with Gasteiger partial charge in [-0.15, -0.1) is 0 Å². The fourth-order valence-electron chi connectivity index (χ4n) is 1.35. The monoisotopic (exact) mass is 190 g/mol. The second kappa shape index (κ2) is 3.99. The average Bonchev–Trinajstić information content (AvgIpc) is 2.47. The number of alkyl halides is 3. The van der Waals surface area contributed by atoms with Crippen LogP contribution in [0.25, 0.3) is 0 Å². The molecule has 0 bridgehead atoms. The van der Waals surface area contributed by atoms with Crippen LogP contribution in [0.5, 0.6) is 0 Å². The summed E-state index contributed by atoms with van der Waals surface area (Å²) in [7, 11) is 0. The Kier molecular flexibility index (Phi) is 3.17. The van der Waals surface area contributed by atoms with E-state index < -0.39 is 11.7 Å². The van der Waals surface area contributed by atoms with Gasteiger partial charge in [0.15, 0.2) is 0 Å². The van der Waals surface area contributed by atoms with Crippen LogP contribution >= 0.6 is 0 Å². The molecule has 1 aliphatic rings. The van der Waals surface area contributed by atoms with Gasteiger partial charge >= 0.3 is 6.18 Å². The van der Waals surface area contributed by atoms with E-state index in [2.05, 4.69) is 0 Å². The number of rotatable bonds is 3. The van der Waals surface area contributed by atoms with E-state index in [1.54, 1.807) is 0 Å². The lowest BCUT2D eigenvalue weighted by Crippen LogP contribution is -2.08. The largest absolute Gasteiger partial charge is 0.416 e. The third-order valence-corrected chi connectivity index (χ3v) is 2.12. The number of hydrogen-bond donors (Lipinski definition) is 0. The lowest BCUT2D eigenvalue weighted by molar-refractivity contribution is -0.0880. The summed E-state index contributed by atoms with van der Waals surface area (Å²) >= 11 is 0. The standard InChI is InChI=1S/C10H13F3/c1-2-3-4-8-5-6-9(7-8)10(11,12)13/h6-7H,2-5H2,1H3. The maximum Gasteiger partial charge on any atom is 0.416 e. The van der Waals surface area contributed by atoms with Crippen LogP contribution < -0.4 is 0 Å². The van der Waals surface area contributed by atoms with E-state index in [0.29, 0.717) is 6.42 Å². The van der Waals surface area contributed by atoms with Crippen LogP contribution in [-0.2, 0) is 0 Å². The quantitative estimate of drug-likeness (QED) is 0.631. The van der Waals surface area contributed by atoms with E-state index >= 15 is 0 Å². The van der Waals surface area contributed by atoms with Crippen molar-refractivity contribution in [2.75, 3.05) is 0 Å². The molecule has 0 unspecified atom stereocenters. The first-order valence-corrected chi connectivity index (χ1v) is 4.51. The lowest BCUT2D eigenvalue weighted by Gasteiger charge is -2.03. The molecule has 0 saturated carbocycles. The SMILES string of the molecule is CCCCC1=CC(C(F)(F)F)=CC1. The molecule has 0 spiro atoms. The van der Waals surface area contributed by atoms with Gasteiger partial charge in [0.1, 0.15) is 0 Å². The normalized spacial score (nSPS) is 17.2. The van der Waals surface area contributed by atoms with Crippen molar-refractivity contribution >= 4 is 0 Å². The molecular formula is C10H13F3. The molecule has 0 aromatic carbocycles. The van der Waals surface area contributed by atoms with Gasteiger partial charge in [0.25, 0.3) is 0 Å². The van der Waals surface area contributed by atoms with E-state index in [1.165, 1.54) is 12.2 Å². The molecule has 0 radical (unpaired) electrons. The van der Waals surface area contributed by atoms with Gasteiger partial charge in [-0.3, -0.25) is 0 Å². The van der Waals surface area contributed by atoms with Crippen LogP contribution in [0, 0.1) is 0 Å². The summed E-state index contributed by atoms with van der Waals surface area (Å²) in [5.41, 5.74) is 0.438. The summed E-state index contributed by atoms with van der Waals surface area (Å²) in [6.45, 7) is 2.04. The second-order valence-electron chi connectivity index (χ2n) is 3.27. The minimum atomic E-state index is -4.16. The van der Waals surface area contributed by atoms with Gasteiger partial charge in [-0.25, -0.2) is 0 Å². The van der Waals surface area contributed by atoms with E-state index in [9.17, 15) is 13.2 Å². The minimum Gasteiger partial charge on any atom is -0.166 e. The van der Waals surface area contributed by atoms with Crippen LogP contribution in [0.4, 0.5) is 13.2 Å². The van der Waals surface area contributed by atoms with Crippen molar-refractivity contribution < 1.29 is 13.2 Å². The Morgan fingerprint density at radius 1 is 1.38 bits per heavy atom. The second-order valence-corrected chi connectivity index (χ2v) is 3.27. The first-order chi connectivity index (χ1) is 6.04. The zero-order chi connectivity index (χ0) is 9.90. The van der Waals surface area contributed by atoms with Crippen molar-refractivity contribution in [3.8, 4) is 0 Å². The van der Waals surface area contributed by atoms with Gasteiger partial charge in [0.05, 0.1) is 5.57 Å². The third-order valence-electron chi connectivity index (χ3n) is 2.12. The Balaban J connectivity index is 2.51. The molecule has 0 heterocycles. The molecule has 1 aliphatic carbocycles. The lowest BCUT2D eigenvalue weighted by atomic mass is 10.1. The number of unbranched alkanes of at least 4 members (excludes halogenated alkanes) is 1. The summed E-state index contributed by atoms with van der Waals surface area (Å²) in [5.74, 6) is 0. The van der Waals surface area contributed by atoms with Crippen LogP contribution in [-0.4, -0.2) is 6.18 Å². The van der Waals surface area contributed by atoms with Crippen molar-refractivity contribution in [1.29, 1.82) is 0 Å². The highest BCUT2D eigenvalue weighted by Gasteiger charge is 2.33. The molecule has 0 saturated heterocycles. The molecular weight excluding hydrogens is 177 g/mol. The van der Waals surface area contributed by atoms with Crippen molar-refractivity contribution in [1.82, 2.24) is 0 Å². The topological polar surface area (TPSA) is 0 Å². The highest BCUT2D eigenvalue weighted by Crippen LogP contribution is 2.33. The van der Waals surface area contributed by atoms with Gasteiger partial charge in [0.2, 0.25) is 0 Å². The smallest absolute Gasteiger partial charge is 0.166 e. The zero-order valence-electron chi connectivity index (χ0n) is 7.62. The third kappa shape index (κ3) is 2.90. The molecule has 0 N–H and O–H groups in total. The summed E-state index contributed by atoms with van der Waals surface area (Å²) in [4.78, 5) is 0. The zero-order valence-corrected chi connectivity index (χ0v) is 7.62.